The van der Waals surface area contributed by atoms with Crippen molar-refractivity contribution in [2.24, 2.45) is 0 Å². The van der Waals surface area contributed by atoms with E-state index in [1.54, 1.807) is 0 Å². The predicted octanol–water partition coefficient (Wildman–Crippen LogP) is 0.791. The molecular weight excluding hydrogens is 111 g/mol. The van der Waals surface area contributed by atoms with Gasteiger partial charge in [-0.15, -0.1) is 0 Å². The summed E-state index contributed by atoms with van der Waals surface area (Å²) in [5.41, 5.74) is 0. The van der Waals surface area contributed by atoms with Crippen LogP contribution in [0, 0.1) is 0 Å². The van der Waals surface area contributed by atoms with Gasteiger partial charge in [-0.05, 0) is 0 Å². The fraction of sp³-hybridized carbons (Fsp3) is 1.00. The first kappa shape index (κ1) is 7.85. The molecule has 1 unspecified atom stereocenters. The molecule has 0 bridgehead atoms. The molecule has 0 aromatic carbocycles. The van der Waals surface area contributed by atoms with Gasteiger partial charge < -0.3 is 4.74 Å². The highest BCUT2D eigenvalue weighted by molar-refractivity contribution is 4.51. The van der Waals surface area contributed by atoms with Gasteiger partial charge in [0.1, 0.15) is 6.61 Å². The van der Waals surface area contributed by atoms with Gasteiger partial charge in [-0.2, -0.15) is 0 Å². The third kappa shape index (κ3) is 2.93. The molecule has 0 fully saturated rings. The molecule has 0 aromatic heterocycles. The molecule has 0 N–H and O–H groups in total. The van der Waals surface area contributed by atoms with Crippen LogP contribution in [-0.2, 0) is 9.84 Å². The maximum Gasteiger partial charge on any atom is 0.108 e. The first-order chi connectivity index (χ1) is 3.85. The largest absolute Gasteiger partial charge is 0.379 e. The van der Waals surface area contributed by atoms with Crippen molar-refractivity contribution in [3.8, 4) is 0 Å². The lowest BCUT2D eigenvalue weighted by Crippen LogP contribution is -2.14. The van der Waals surface area contributed by atoms with E-state index in [2.05, 4.69) is 4.74 Å². The van der Waals surface area contributed by atoms with E-state index in [4.69, 9.17) is 0 Å². The molecule has 1 atom stereocenters. The van der Waals surface area contributed by atoms with Crippen LogP contribution >= 0.6 is 0 Å². The first-order valence-electron chi connectivity index (χ1n) is 2.52. The second kappa shape index (κ2) is 5.00. The molecule has 0 amide bonds. The second-order valence-corrected chi connectivity index (χ2v) is 1.50. The molecule has 0 aliphatic heterocycles. The molecule has 1 radical (unpaired) electrons. The third-order valence-corrected chi connectivity index (χ3v) is 0.950. The van der Waals surface area contributed by atoms with Crippen LogP contribution in [0.2, 0.25) is 0 Å². The zero-order valence-corrected chi connectivity index (χ0v) is 4.89. The van der Waals surface area contributed by atoms with Crippen LogP contribution in [0.1, 0.15) is 6.42 Å². The molecule has 0 aliphatic carbocycles. The van der Waals surface area contributed by atoms with E-state index in [-0.39, 0.29) is 13.0 Å². The monoisotopic (exact) mass is 121 g/mol. The summed E-state index contributed by atoms with van der Waals surface area (Å²) in [4.78, 5) is 0. The highest BCUT2D eigenvalue weighted by Gasteiger charge is 2.03. The number of rotatable bonds is 4. The van der Waals surface area contributed by atoms with Crippen LogP contribution in [0.3, 0.4) is 0 Å². The minimum absolute atomic E-state index is 0.222. The third-order valence-electron chi connectivity index (χ3n) is 0.950. The van der Waals surface area contributed by atoms with Gasteiger partial charge in [-0.25, -0.2) is 5.11 Å². The van der Waals surface area contributed by atoms with Gasteiger partial charge in [0.2, 0.25) is 0 Å². The van der Waals surface area contributed by atoms with E-state index >= 15 is 0 Å². The Morgan fingerprint density at radius 3 is 2.50 bits per heavy atom. The summed E-state index contributed by atoms with van der Waals surface area (Å²) in [6.45, 7) is -0.818. The summed E-state index contributed by atoms with van der Waals surface area (Å²) >= 11 is 0. The Morgan fingerprint density at radius 1 is 1.75 bits per heavy atom. The van der Waals surface area contributed by atoms with E-state index < -0.39 is 12.8 Å². The zero-order chi connectivity index (χ0) is 6.41. The maximum atomic E-state index is 11.4. The number of methoxy groups -OCH3 is 1. The smallest absolute Gasteiger partial charge is 0.108 e. The summed E-state index contributed by atoms with van der Waals surface area (Å²) in [5, 5.41) is 9.96. The Hall–Kier alpha value is -0.150. The Bertz CT molecular complexity index is 45.7. The molecule has 49 valence electrons. The van der Waals surface area contributed by atoms with Crippen LogP contribution in [-0.4, -0.2) is 26.5 Å². The van der Waals surface area contributed by atoms with Gasteiger partial charge >= 0.3 is 0 Å². The minimum Gasteiger partial charge on any atom is -0.379 e. The Kier molecular flexibility index (Phi) is 4.90. The number of hydrogen-bond acceptors (Lipinski definition) is 1. The van der Waals surface area contributed by atoms with Crippen molar-refractivity contribution in [1.82, 2.24) is 0 Å². The molecule has 0 saturated carbocycles. The number of ether oxygens (including phenoxy) is 1. The van der Waals surface area contributed by atoms with Gasteiger partial charge in [0, 0.05) is 13.5 Å². The summed E-state index contributed by atoms with van der Waals surface area (Å²) in [7, 11) is 1.41. The quantitative estimate of drug-likeness (QED) is 0.540. The van der Waals surface area contributed by atoms with E-state index in [9.17, 15) is 9.50 Å². The average molecular weight is 121 g/mol. The summed E-state index contributed by atoms with van der Waals surface area (Å²) in [6.07, 6.45) is -0.208. The van der Waals surface area contributed by atoms with E-state index in [1.165, 1.54) is 7.11 Å². The average Bonchev–Trinajstić information content (AvgIpc) is 1.83. The van der Waals surface area contributed by atoms with Crippen molar-refractivity contribution in [1.29, 1.82) is 0 Å². The van der Waals surface area contributed by atoms with Crippen LogP contribution in [0.5, 0.6) is 0 Å². The highest BCUT2D eigenvalue weighted by Crippen LogP contribution is 1.94. The summed E-state index contributed by atoms with van der Waals surface area (Å²) < 4.78 is 16.0. The summed E-state index contributed by atoms with van der Waals surface area (Å²) in [6, 6.07) is 0. The molecule has 0 heterocycles. The molecule has 3 heteroatoms. The molecule has 0 rings (SSSR count). The summed E-state index contributed by atoms with van der Waals surface area (Å²) in [5.74, 6) is 0. The normalized spacial score (nSPS) is 13.9. The van der Waals surface area contributed by atoms with Crippen molar-refractivity contribution in [3.63, 3.8) is 0 Å². The number of halogens is 1. The van der Waals surface area contributed by atoms with Gasteiger partial charge in [0.25, 0.3) is 0 Å². The fourth-order valence-corrected chi connectivity index (χ4v) is 0.391. The van der Waals surface area contributed by atoms with E-state index in [0.717, 1.165) is 0 Å². The van der Waals surface area contributed by atoms with Crippen LogP contribution in [0.25, 0.3) is 0 Å². The fourth-order valence-electron chi connectivity index (χ4n) is 0.391. The van der Waals surface area contributed by atoms with Gasteiger partial charge in [-0.3, -0.25) is 4.39 Å². The lowest BCUT2D eigenvalue weighted by atomic mass is 10.3. The van der Waals surface area contributed by atoms with E-state index in [1.807, 2.05) is 0 Å². The van der Waals surface area contributed by atoms with Crippen LogP contribution in [0.4, 0.5) is 4.39 Å². The molecule has 0 aliphatic rings. The Labute approximate surface area is 48.3 Å². The molecule has 0 spiro atoms. The van der Waals surface area contributed by atoms with Crippen LogP contribution < -0.4 is 0 Å². The molecular formula is C5H10FO2. The standard InChI is InChI=1S/C5H10FO2/c1-8-5(4-7)2-3-6/h5H,2-4H2,1H3. The van der Waals surface area contributed by atoms with Crippen molar-refractivity contribution in [3.05, 3.63) is 0 Å². The molecule has 0 aromatic rings. The lowest BCUT2D eigenvalue weighted by Gasteiger charge is -2.06. The lowest BCUT2D eigenvalue weighted by molar-refractivity contribution is 0.0122. The first-order valence-corrected chi connectivity index (χ1v) is 2.52. The Balaban J connectivity index is 3.07. The van der Waals surface area contributed by atoms with Crippen molar-refractivity contribution in [2.45, 2.75) is 12.5 Å². The maximum absolute atomic E-state index is 11.4. The minimum atomic E-state index is -0.471. The topological polar surface area (TPSA) is 29.1 Å². The number of hydrogen-bond donors (Lipinski definition) is 0. The highest BCUT2D eigenvalue weighted by atomic mass is 19.1. The van der Waals surface area contributed by atoms with Gasteiger partial charge in [0.05, 0.1) is 12.8 Å². The zero-order valence-electron chi connectivity index (χ0n) is 4.89. The number of alkyl halides is 1. The SMILES string of the molecule is COC(C[O])CCF. The van der Waals surface area contributed by atoms with Crippen molar-refractivity contribution in [2.75, 3.05) is 20.4 Å². The predicted molar refractivity (Wildman–Crippen MR) is 26.9 cm³/mol. The molecule has 2 nitrogen and oxygen atoms in total. The van der Waals surface area contributed by atoms with Crippen molar-refractivity contribution >= 4 is 0 Å². The van der Waals surface area contributed by atoms with Crippen LogP contribution in [0.15, 0.2) is 0 Å². The molecule has 8 heavy (non-hydrogen) atoms. The second-order valence-electron chi connectivity index (χ2n) is 1.50. The van der Waals surface area contributed by atoms with E-state index in [0.29, 0.717) is 0 Å². The van der Waals surface area contributed by atoms with Gasteiger partial charge in [0.15, 0.2) is 0 Å². The van der Waals surface area contributed by atoms with Crippen molar-refractivity contribution < 1.29 is 14.2 Å². The van der Waals surface area contributed by atoms with Gasteiger partial charge in [-0.1, -0.05) is 0 Å². The molecule has 0 saturated heterocycles. The Morgan fingerprint density at radius 2 is 2.38 bits per heavy atom.